The predicted molar refractivity (Wildman–Crippen MR) is 102 cm³/mol. The third-order valence-electron chi connectivity index (χ3n) is 3.84. The van der Waals surface area contributed by atoms with Crippen molar-refractivity contribution in [3.63, 3.8) is 0 Å². The average molecular weight is 380 g/mol. The average Bonchev–Trinajstić information content (AvgIpc) is 3.32. The van der Waals surface area contributed by atoms with E-state index in [1.54, 1.807) is 18.2 Å². The summed E-state index contributed by atoms with van der Waals surface area (Å²) in [5.74, 6) is 1.26. The van der Waals surface area contributed by atoms with E-state index in [1.165, 1.54) is 13.3 Å². The molecule has 2 N–H and O–H groups in total. The smallest absolute Gasteiger partial charge is 0.227 e. The van der Waals surface area contributed by atoms with Gasteiger partial charge in [-0.1, -0.05) is 23.7 Å². The molecular weight excluding hydrogens is 366 g/mol. The Morgan fingerprint density at radius 2 is 1.93 bits per heavy atom. The van der Waals surface area contributed by atoms with E-state index < -0.39 is 0 Å². The summed E-state index contributed by atoms with van der Waals surface area (Å²) in [7, 11) is 0. The molecule has 2 aromatic heterocycles. The largest absolute Gasteiger partial charge is 0.435 e. The van der Waals surface area contributed by atoms with Gasteiger partial charge in [0.1, 0.15) is 6.33 Å². The molecule has 0 atom stereocenters. The van der Waals surface area contributed by atoms with Gasteiger partial charge in [-0.3, -0.25) is 4.79 Å². The summed E-state index contributed by atoms with van der Waals surface area (Å²) in [6.07, 6.45) is 1.47. The van der Waals surface area contributed by atoms with Gasteiger partial charge < -0.3 is 14.7 Å². The summed E-state index contributed by atoms with van der Waals surface area (Å²) in [4.78, 5) is 18.7. The van der Waals surface area contributed by atoms with Crippen LogP contribution in [0, 0.1) is 0 Å². The summed E-state index contributed by atoms with van der Waals surface area (Å²) in [6.45, 7) is 1.46. The first kappa shape index (κ1) is 17.0. The van der Waals surface area contributed by atoms with Crippen molar-refractivity contribution >= 4 is 23.2 Å². The molecule has 0 saturated carbocycles. The van der Waals surface area contributed by atoms with Crippen molar-refractivity contribution < 1.29 is 9.21 Å². The molecule has 7 nitrogen and oxygen atoms in total. The quantitative estimate of drug-likeness (QED) is 0.547. The van der Waals surface area contributed by atoms with Crippen LogP contribution in [0.1, 0.15) is 6.92 Å². The molecule has 0 radical (unpaired) electrons. The third-order valence-corrected chi connectivity index (χ3v) is 4.17. The third kappa shape index (κ3) is 3.45. The first-order valence-corrected chi connectivity index (χ1v) is 8.50. The predicted octanol–water partition coefficient (Wildman–Crippen LogP) is 4.41. The molecule has 0 unspecified atom stereocenters. The first-order chi connectivity index (χ1) is 13.1. The second kappa shape index (κ2) is 7.05. The number of halogens is 1. The molecule has 0 fully saturated rings. The first-order valence-electron chi connectivity index (χ1n) is 8.12. The number of aromatic nitrogens is 4. The highest BCUT2D eigenvalue weighted by molar-refractivity contribution is 6.33. The lowest BCUT2D eigenvalue weighted by molar-refractivity contribution is -0.114. The number of H-pyrrole nitrogens is 1. The van der Waals surface area contributed by atoms with Crippen LogP contribution in [0.15, 0.2) is 59.3 Å². The molecule has 4 rings (SSSR count). The van der Waals surface area contributed by atoms with E-state index in [0.717, 1.165) is 5.56 Å². The fourth-order valence-electron chi connectivity index (χ4n) is 2.65. The molecule has 0 bridgehead atoms. The molecule has 0 aliphatic heterocycles. The maximum atomic E-state index is 11.2. The second-order valence-electron chi connectivity index (χ2n) is 5.77. The molecule has 1 amide bonds. The molecular formula is C19H14ClN5O2. The number of anilines is 1. The number of hydrogen-bond acceptors (Lipinski definition) is 5. The number of nitrogens with one attached hydrogen (secondary N) is 2. The Morgan fingerprint density at radius 1 is 1.15 bits per heavy atom. The molecule has 134 valence electrons. The number of nitrogens with zero attached hydrogens (tertiary/aromatic N) is 3. The zero-order valence-corrected chi connectivity index (χ0v) is 15.0. The molecule has 0 aliphatic carbocycles. The monoisotopic (exact) mass is 379 g/mol. The summed E-state index contributed by atoms with van der Waals surface area (Å²) < 4.78 is 6.04. The topological polar surface area (TPSA) is 96.7 Å². The number of amides is 1. The minimum absolute atomic E-state index is 0.132. The molecule has 8 heteroatoms. The fourth-order valence-corrected chi connectivity index (χ4v) is 2.87. The lowest BCUT2D eigenvalue weighted by atomic mass is 10.1. The van der Waals surface area contributed by atoms with E-state index in [1.807, 2.05) is 30.3 Å². The number of oxazole rings is 1. The van der Waals surface area contributed by atoms with Crippen molar-refractivity contribution in [3.8, 4) is 34.3 Å². The van der Waals surface area contributed by atoms with Crippen LogP contribution in [-0.4, -0.2) is 26.1 Å². The van der Waals surface area contributed by atoms with Crippen LogP contribution in [0.2, 0.25) is 5.02 Å². The minimum Gasteiger partial charge on any atom is -0.435 e. The van der Waals surface area contributed by atoms with Crippen LogP contribution in [0.25, 0.3) is 34.3 Å². The second-order valence-corrected chi connectivity index (χ2v) is 6.18. The number of carbonyl (C=O) groups excluding carboxylic acids is 1. The highest BCUT2D eigenvalue weighted by Crippen LogP contribution is 2.37. The number of hydrogen-bond donors (Lipinski definition) is 2. The van der Waals surface area contributed by atoms with Gasteiger partial charge in [0.2, 0.25) is 11.8 Å². The van der Waals surface area contributed by atoms with Crippen LogP contribution in [-0.2, 0) is 4.79 Å². The Bertz CT molecular complexity index is 1090. The minimum atomic E-state index is -0.132. The van der Waals surface area contributed by atoms with Gasteiger partial charge >= 0.3 is 0 Å². The Hall–Kier alpha value is -3.45. The van der Waals surface area contributed by atoms with E-state index in [2.05, 4.69) is 25.5 Å². The summed E-state index contributed by atoms with van der Waals surface area (Å²) in [6, 6.07) is 14.6. The lowest BCUT2D eigenvalue weighted by Gasteiger charge is -2.02. The Balaban J connectivity index is 1.80. The van der Waals surface area contributed by atoms with Crippen molar-refractivity contribution in [2.45, 2.75) is 6.92 Å². The van der Waals surface area contributed by atoms with E-state index in [0.29, 0.717) is 39.4 Å². The van der Waals surface area contributed by atoms with Crippen LogP contribution < -0.4 is 5.32 Å². The zero-order chi connectivity index (χ0) is 18.8. The highest BCUT2D eigenvalue weighted by Gasteiger charge is 2.21. The molecule has 4 aromatic rings. The highest BCUT2D eigenvalue weighted by atomic mass is 35.5. The lowest BCUT2D eigenvalue weighted by Crippen LogP contribution is -2.05. The Kier molecular flexibility index (Phi) is 4.43. The SMILES string of the molecule is CC(=O)Nc1ccc(-c2nc(-c3nnc[nH]3)c(-c3ccccc3Cl)o2)cc1. The van der Waals surface area contributed by atoms with Gasteiger partial charge in [0.15, 0.2) is 17.3 Å². The summed E-state index contributed by atoms with van der Waals surface area (Å²) >= 11 is 6.34. The molecule has 27 heavy (non-hydrogen) atoms. The summed E-state index contributed by atoms with van der Waals surface area (Å²) in [5, 5.41) is 11.1. The van der Waals surface area contributed by atoms with E-state index in [-0.39, 0.29) is 5.91 Å². The van der Waals surface area contributed by atoms with Gasteiger partial charge in [-0.05, 0) is 36.4 Å². The van der Waals surface area contributed by atoms with Gasteiger partial charge in [0, 0.05) is 23.7 Å². The van der Waals surface area contributed by atoms with Crippen LogP contribution in [0.3, 0.4) is 0 Å². The van der Waals surface area contributed by atoms with Gasteiger partial charge in [-0.25, -0.2) is 4.98 Å². The Morgan fingerprint density at radius 3 is 2.59 bits per heavy atom. The maximum Gasteiger partial charge on any atom is 0.227 e. The molecule has 0 saturated heterocycles. The molecule has 2 aromatic carbocycles. The number of carbonyl (C=O) groups is 1. The van der Waals surface area contributed by atoms with Crippen LogP contribution in [0.4, 0.5) is 5.69 Å². The van der Waals surface area contributed by atoms with E-state index >= 15 is 0 Å². The number of rotatable bonds is 4. The molecule has 2 heterocycles. The van der Waals surface area contributed by atoms with Gasteiger partial charge in [0.25, 0.3) is 0 Å². The summed E-state index contributed by atoms with van der Waals surface area (Å²) in [5.41, 5.74) is 2.67. The van der Waals surface area contributed by atoms with Crippen molar-refractivity contribution in [1.29, 1.82) is 0 Å². The van der Waals surface area contributed by atoms with E-state index in [9.17, 15) is 4.79 Å². The normalized spacial score (nSPS) is 10.7. The Labute approximate surface area is 159 Å². The van der Waals surface area contributed by atoms with Crippen molar-refractivity contribution in [2.24, 2.45) is 0 Å². The maximum absolute atomic E-state index is 11.2. The van der Waals surface area contributed by atoms with Gasteiger partial charge in [0.05, 0.1) is 5.02 Å². The zero-order valence-electron chi connectivity index (χ0n) is 14.2. The van der Waals surface area contributed by atoms with Crippen molar-refractivity contribution in [2.75, 3.05) is 5.32 Å². The van der Waals surface area contributed by atoms with Crippen LogP contribution >= 0.6 is 11.6 Å². The number of aromatic amines is 1. The van der Waals surface area contributed by atoms with Crippen molar-refractivity contribution in [1.82, 2.24) is 20.2 Å². The standard InChI is InChI=1S/C19H14ClN5O2/c1-11(26)23-13-8-6-12(7-9-13)19-24-16(18-21-10-22-25-18)17(27-19)14-4-2-3-5-15(14)20/h2-10H,1H3,(H,23,26)(H,21,22,25). The van der Waals surface area contributed by atoms with Crippen molar-refractivity contribution in [3.05, 3.63) is 59.9 Å². The number of benzene rings is 2. The van der Waals surface area contributed by atoms with Crippen LogP contribution in [0.5, 0.6) is 0 Å². The molecule has 0 spiro atoms. The van der Waals surface area contributed by atoms with Gasteiger partial charge in [-0.15, -0.1) is 10.2 Å². The van der Waals surface area contributed by atoms with Gasteiger partial charge in [-0.2, -0.15) is 0 Å². The van der Waals surface area contributed by atoms with E-state index in [4.69, 9.17) is 16.0 Å². The fraction of sp³-hybridized carbons (Fsp3) is 0.0526. The molecule has 0 aliphatic rings.